The minimum absolute atomic E-state index is 0.0137. The molecule has 0 spiro atoms. The molecule has 0 radical (unpaired) electrons. The minimum atomic E-state index is 0.0137. The Kier molecular flexibility index (Phi) is 4.04. The maximum atomic E-state index is 6.26. The van der Waals surface area contributed by atoms with Crippen LogP contribution >= 0.6 is 11.6 Å². The monoisotopic (exact) mass is 303 g/mol. The van der Waals surface area contributed by atoms with Gasteiger partial charge in [-0.1, -0.05) is 35.9 Å². The molecule has 0 aliphatic carbocycles. The highest BCUT2D eigenvalue weighted by molar-refractivity contribution is 6.31. The number of rotatable bonds is 3. The van der Waals surface area contributed by atoms with Crippen molar-refractivity contribution >= 4 is 11.6 Å². The maximum absolute atomic E-state index is 6.26. The molecule has 3 nitrogen and oxygen atoms in total. The van der Waals surface area contributed by atoms with E-state index in [4.69, 9.17) is 21.1 Å². The van der Waals surface area contributed by atoms with E-state index in [1.807, 2.05) is 38.2 Å². The van der Waals surface area contributed by atoms with Gasteiger partial charge in [0.15, 0.2) is 11.5 Å². The zero-order valence-electron chi connectivity index (χ0n) is 12.2. The molecule has 1 unspecified atom stereocenters. The van der Waals surface area contributed by atoms with Crippen molar-refractivity contribution in [3.63, 3.8) is 0 Å². The van der Waals surface area contributed by atoms with E-state index in [0.29, 0.717) is 13.2 Å². The lowest BCUT2D eigenvalue weighted by molar-refractivity contribution is 0.169. The van der Waals surface area contributed by atoms with Gasteiger partial charge in [0.2, 0.25) is 0 Å². The van der Waals surface area contributed by atoms with Gasteiger partial charge in [0.1, 0.15) is 13.2 Å². The van der Waals surface area contributed by atoms with Gasteiger partial charge in [-0.05, 0) is 37.2 Å². The van der Waals surface area contributed by atoms with Gasteiger partial charge in [-0.3, -0.25) is 0 Å². The van der Waals surface area contributed by atoms with Gasteiger partial charge in [0.05, 0.1) is 6.04 Å². The molecule has 1 aliphatic heterocycles. The summed E-state index contributed by atoms with van der Waals surface area (Å²) in [5.41, 5.74) is 3.25. The number of ether oxygens (including phenoxy) is 2. The lowest BCUT2D eigenvalue weighted by Crippen LogP contribution is -2.22. The highest BCUT2D eigenvalue weighted by atomic mass is 35.5. The normalized spacial score (nSPS) is 14.8. The number of halogens is 1. The van der Waals surface area contributed by atoms with Crippen LogP contribution in [0.2, 0.25) is 5.02 Å². The summed E-state index contributed by atoms with van der Waals surface area (Å²) >= 11 is 6.26. The van der Waals surface area contributed by atoms with Crippen molar-refractivity contribution in [1.29, 1.82) is 0 Å². The van der Waals surface area contributed by atoms with Crippen LogP contribution < -0.4 is 14.8 Å². The number of fused-ring (bicyclic) bond motifs is 1. The second kappa shape index (κ2) is 5.96. The summed E-state index contributed by atoms with van der Waals surface area (Å²) in [5, 5.41) is 4.11. The van der Waals surface area contributed by atoms with Gasteiger partial charge < -0.3 is 14.8 Å². The number of aryl methyl sites for hydroxylation is 1. The lowest BCUT2D eigenvalue weighted by atomic mass is 9.96. The van der Waals surface area contributed by atoms with Crippen LogP contribution in [0.1, 0.15) is 22.7 Å². The molecule has 110 valence electrons. The Hall–Kier alpha value is -1.71. The molecule has 0 saturated carbocycles. The Morgan fingerprint density at radius 2 is 1.95 bits per heavy atom. The summed E-state index contributed by atoms with van der Waals surface area (Å²) in [5.74, 6) is 1.62. The first-order valence-corrected chi connectivity index (χ1v) is 7.40. The largest absolute Gasteiger partial charge is 0.486 e. The van der Waals surface area contributed by atoms with Crippen LogP contribution in [0.5, 0.6) is 11.5 Å². The van der Waals surface area contributed by atoms with Gasteiger partial charge in [0, 0.05) is 10.6 Å². The summed E-state index contributed by atoms with van der Waals surface area (Å²) in [6, 6.07) is 12.1. The van der Waals surface area contributed by atoms with Crippen molar-refractivity contribution in [3.05, 3.63) is 58.1 Å². The predicted octanol–water partition coefficient (Wildman–Crippen LogP) is 3.73. The van der Waals surface area contributed by atoms with Crippen LogP contribution in [0.25, 0.3) is 0 Å². The van der Waals surface area contributed by atoms with Crippen LogP contribution in [0.15, 0.2) is 36.4 Å². The number of hydrogen-bond donors (Lipinski definition) is 1. The molecule has 1 aliphatic rings. The maximum Gasteiger partial charge on any atom is 0.166 e. The van der Waals surface area contributed by atoms with E-state index in [1.165, 1.54) is 0 Å². The topological polar surface area (TPSA) is 30.5 Å². The third-order valence-electron chi connectivity index (χ3n) is 3.73. The number of hydrogen-bond acceptors (Lipinski definition) is 3. The van der Waals surface area contributed by atoms with Crippen LogP contribution in [-0.4, -0.2) is 20.3 Å². The van der Waals surface area contributed by atoms with Crippen molar-refractivity contribution in [2.45, 2.75) is 13.0 Å². The fourth-order valence-corrected chi connectivity index (χ4v) is 2.80. The Bertz CT molecular complexity index is 657. The third kappa shape index (κ3) is 2.71. The highest BCUT2D eigenvalue weighted by Crippen LogP contribution is 2.39. The smallest absolute Gasteiger partial charge is 0.166 e. The molecular weight excluding hydrogens is 286 g/mol. The van der Waals surface area contributed by atoms with Crippen molar-refractivity contribution in [3.8, 4) is 11.5 Å². The average Bonchev–Trinajstić information content (AvgIpc) is 2.52. The molecule has 0 fully saturated rings. The highest BCUT2D eigenvalue weighted by Gasteiger charge is 2.22. The van der Waals surface area contributed by atoms with Gasteiger partial charge in [-0.15, -0.1) is 0 Å². The van der Waals surface area contributed by atoms with Crippen LogP contribution in [0, 0.1) is 6.92 Å². The molecule has 2 aromatic carbocycles. The molecular formula is C17H18ClNO2. The standard InChI is InChI=1S/C17H18ClNO2/c1-11-6-7-12(10-14(11)18)16(19-2)13-4-3-5-15-17(13)21-9-8-20-15/h3-7,10,16,19H,8-9H2,1-2H3. The van der Waals surface area contributed by atoms with E-state index >= 15 is 0 Å². The SMILES string of the molecule is CNC(c1ccc(C)c(Cl)c1)c1cccc2c1OCCO2. The van der Waals surface area contributed by atoms with E-state index in [2.05, 4.69) is 17.4 Å². The first-order valence-electron chi connectivity index (χ1n) is 7.02. The number of nitrogens with one attached hydrogen (secondary N) is 1. The predicted molar refractivity (Wildman–Crippen MR) is 84.5 cm³/mol. The van der Waals surface area contributed by atoms with Gasteiger partial charge in [0.25, 0.3) is 0 Å². The zero-order valence-corrected chi connectivity index (χ0v) is 12.9. The number of benzene rings is 2. The molecule has 0 saturated heterocycles. The van der Waals surface area contributed by atoms with Gasteiger partial charge in [-0.25, -0.2) is 0 Å². The van der Waals surface area contributed by atoms with Crippen molar-refractivity contribution < 1.29 is 9.47 Å². The second-order valence-corrected chi connectivity index (χ2v) is 5.51. The molecule has 21 heavy (non-hydrogen) atoms. The first kappa shape index (κ1) is 14.2. The molecule has 3 rings (SSSR count). The number of para-hydroxylation sites is 1. The minimum Gasteiger partial charge on any atom is -0.486 e. The summed E-state index contributed by atoms with van der Waals surface area (Å²) in [7, 11) is 1.93. The van der Waals surface area contributed by atoms with E-state index < -0.39 is 0 Å². The average molecular weight is 304 g/mol. The van der Waals surface area contributed by atoms with Crippen LogP contribution in [0.3, 0.4) is 0 Å². The second-order valence-electron chi connectivity index (χ2n) is 5.10. The van der Waals surface area contributed by atoms with Crippen LogP contribution in [-0.2, 0) is 0 Å². The van der Waals surface area contributed by atoms with E-state index in [-0.39, 0.29) is 6.04 Å². The Morgan fingerprint density at radius 1 is 1.14 bits per heavy atom. The summed E-state index contributed by atoms with van der Waals surface area (Å²) < 4.78 is 11.5. The summed E-state index contributed by atoms with van der Waals surface area (Å²) in [4.78, 5) is 0. The van der Waals surface area contributed by atoms with Crippen molar-refractivity contribution in [2.24, 2.45) is 0 Å². The molecule has 1 atom stereocenters. The van der Waals surface area contributed by atoms with E-state index in [0.717, 1.165) is 33.2 Å². The Balaban J connectivity index is 2.06. The summed E-state index contributed by atoms with van der Waals surface area (Å²) in [6.45, 7) is 3.17. The van der Waals surface area contributed by atoms with Crippen molar-refractivity contribution in [2.75, 3.05) is 20.3 Å². The van der Waals surface area contributed by atoms with Crippen molar-refractivity contribution in [1.82, 2.24) is 5.32 Å². The van der Waals surface area contributed by atoms with E-state index in [9.17, 15) is 0 Å². The Labute approximate surface area is 129 Å². The molecule has 0 aromatic heterocycles. The molecule has 0 amide bonds. The fourth-order valence-electron chi connectivity index (χ4n) is 2.61. The fraction of sp³-hybridized carbons (Fsp3) is 0.294. The molecule has 1 N–H and O–H groups in total. The Morgan fingerprint density at radius 3 is 2.71 bits per heavy atom. The van der Waals surface area contributed by atoms with Gasteiger partial charge >= 0.3 is 0 Å². The van der Waals surface area contributed by atoms with E-state index in [1.54, 1.807) is 0 Å². The lowest BCUT2D eigenvalue weighted by Gasteiger charge is -2.25. The third-order valence-corrected chi connectivity index (χ3v) is 4.13. The zero-order chi connectivity index (χ0) is 14.8. The first-order chi connectivity index (χ1) is 10.2. The molecule has 4 heteroatoms. The molecule has 1 heterocycles. The molecule has 0 bridgehead atoms. The quantitative estimate of drug-likeness (QED) is 0.937. The van der Waals surface area contributed by atoms with Crippen LogP contribution in [0.4, 0.5) is 0 Å². The molecule has 2 aromatic rings. The van der Waals surface area contributed by atoms with Gasteiger partial charge in [-0.2, -0.15) is 0 Å². The summed E-state index contributed by atoms with van der Waals surface area (Å²) in [6.07, 6.45) is 0.